The van der Waals surface area contributed by atoms with Crippen LogP contribution in [-0.2, 0) is 0 Å². The summed E-state index contributed by atoms with van der Waals surface area (Å²) in [4.78, 5) is 6.16. The number of halogens is 1. The molecule has 15 heavy (non-hydrogen) atoms. The minimum atomic E-state index is -0.132. The summed E-state index contributed by atoms with van der Waals surface area (Å²) >= 11 is 6.18. The molecule has 0 aliphatic rings. The fourth-order valence-electron chi connectivity index (χ4n) is 1.38. The summed E-state index contributed by atoms with van der Waals surface area (Å²) in [5, 5.41) is -0.0301. The molecule has 0 fully saturated rings. The summed E-state index contributed by atoms with van der Waals surface area (Å²) in [5.74, 6) is 5.96. The maximum atomic E-state index is 6.18. The Morgan fingerprint density at radius 1 is 1.47 bits per heavy atom. The number of rotatable bonds is 4. The Bertz CT molecular complexity index is 330. The van der Waals surface area contributed by atoms with Crippen LogP contribution in [0.1, 0.15) is 24.3 Å². The molecule has 1 rings (SSSR count). The second kappa shape index (κ2) is 5.64. The molecule has 0 amide bonds. The topological polar surface area (TPSA) is 35.2 Å². The lowest BCUT2D eigenvalue weighted by molar-refractivity contribution is 0.329. The Kier molecular flexibility index (Phi) is 4.77. The first-order valence-electron chi connectivity index (χ1n) is 4.92. The van der Waals surface area contributed by atoms with Crippen LogP contribution in [0, 0.1) is 0 Å². The normalized spacial score (nSPS) is 13.5. The molecule has 4 heteroatoms. The standard InChI is InChI=1S/C11H18ClNOS/c1-4-10(12)9-6-5-8(15(2)3)7-11(9)14-13/h5-7,10,15H,4,13H2,1-3H3. The first kappa shape index (κ1) is 12.7. The van der Waals surface area contributed by atoms with Crippen LogP contribution >= 0.6 is 22.5 Å². The summed E-state index contributed by atoms with van der Waals surface area (Å²) < 4.78 is 0. The summed E-state index contributed by atoms with van der Waals surface area (Å²) in [6.45, 7) is 2.04. The van der Waals surface area contributed by atoms with E-state index in [4.69, 9.17) is 22.3 Å². The van der Waals surface area contributed by atoms with Gasteiger partial charge in [-0.1, -0.05) is 13.0 Å². The minimum absolute atomic E-state index is 0.0301. The van der Waals surface area contributed by atoms with Crippen molar-refractivity contribution in [2.75, 3.05) is 12.5 Å². The zero-order valence-corrected chi connectivity index (χ0v) is 11.0. The van der Waals surface area contributed by atoms with Gasteiger partial charge in [-0.25, -0.2) is 10.9 Å². The van der Waals surface area contributed by atoms with Gasteiger partial charge in [0.05, 0.1) is 5.38 Å². The molecular formula is C11H18ClNOS. The van der Waals surface area contributed by atoms with E-state index in [9.17, 15) is 0 Å². The van der Waals surface area contributed by atoms with Gasteiger partial charge in [0.1, 0.15) is 0 Å². The predicted molar refractivity (Wildman–Crippen MR) is 69.2 cm³/mol. The highest BCUT2D eigenvalue weighted by Gasteiger charge is 2.12. The highest BCUT2D eigenvalue weighted by atomic mass is 35.5. The largest absolute Gasteiger partial charge is 0.411 e. The van der Waals surface area contributed by atoms with E-state index < -0.39 is 0 Å². The molecule has 0 saturated carbocycles. The van der Waals surface area contributed by atoms with Crippen molar-refractivity contribution >= 4 is 22.5 Å². The lowest BCUT2D eigenvalue weighted by Gasteiger charge is -2.16. The summed E-state index contributed by atoms with van der Waals surface area (Å²) in [7, 11) is -0.132. The van der Waals surface area contributed by atoms with Crippen LogP contribution in [0.5, 0.6) is 5.75 Å². The van der Waals surface area contributed by atoms with E-state index in [1.807, 2.05) is 19.1 Å². The van der Waals surface area contributed by atoms with Crippen molar-refractivity contribution in [3.05, 3.63) is 23.8 Å². The van der Waals surface area contributed by atoms with Gasteiger partial charge in [0.2, 0.25) is 0 Å². The zero-order chi connectivity index (χ0) is 11.4. The van der Waals surface area contributed by atoms with E-state index in [0.717, 1.165) is 12.0 Å². The van der Waals surface area contributed by atoms with Crippen molar-refractivity contribution in [3.8, 4) is 5.75 Å². The van der Waals surface area contributed by atoms with Crippen LogP contribution in [0.4, 0.5) is 0 Å². The molecule has 2 nitrogen and oxygen atoms in total. The average molecular weight is 248 g/mol. The van der Waals surface area contributed by atoms with Crippen LogP contribution < -0.4 is 10.7 Å². The molecule has 0 heterocycles. The van der Waals surface area contributed by atoms with Gasteiger partial charge < -0.3 is 4.84 Å². The van der Waals surface area contributed by atoms with E-state index in [2.05, 4.69) is 18.6 Å². The first-order chi connectivity index (χ1) is 7.10. The van der Waals surface area contributed by atoms with E-state index in [0.29, 0.717) is 5.75 Å². The number of thiol groups is 1. The van der Waals surface area contributed by atoms with E-state index in [1.165, 1.54) is 4.90 Å². The Morgan fingerprint density at radius 2 is 2.13 bits per heavy atom. The second-order valence-electron chi connectivity index (χ2n) is 3.61. The van der Waals surface area contributed by atoms with Gasteiger partial charge in [-0.2, -0.15) is 5.90 Å². The van der Waals surface area contributed by atoms with Crippen molar-refractivity contribution in [2.45, 2.75) is 23.6 Å². The predicted octanol–water partition coefficient (Wildman–Crippen LogP) is 3.25. The van der Waals surface area contributed by atoms with Crippen molar-refractivity contribution < 1.29 is 4.84 Å². The Morgan fingerprint density at radius 3 is 2.60 bits per heavy atom. The van der Waals surface area contributed by atoms with Gasteiger partial charge >= 0.3 is 0 Å². The maximum absolute atomic E-state index is 6.18. The number of hydrogen-bond acceptors (Lipinski definition) is 2. The third-order valence-corrected chi connectivity index (χ3v) is 4.19. The van der Waals surface area contributed by atoms with Crippen molar-refractivity contribution in [1.82, 2.24) is 0 Å². The van der Waals surface area contributed by atoms with Crippen molar-refractivity contribution in [1.29, 1.82) is 0 Å². The van der Waals surface area contributed by atoms with Crippen molar-refractivity contribution in [3.63, 3.8) is 0 Å². The highest BCUT2D eigenvalue weighted by molar-refractivity contribution is 8.15. The zero-order valence-electron chi connectivity index (χ0n) is 9.33. The number of hydrogen-bond donors (Lipinski definition) is 2. The van der Waals surface area contributed by atoms with Crippen molar-refractivity contribution in [2.24, 2.45) is 5.90 Å². The van der Waals surface area contributed by atoms with Crippen LogP contribution in [0.3, 0.4) is 0 Å². The fraction of sp³-hybridized carbons (Fsp3) is 0.455. The molecule has 0 spiro atoms. The molecule has 1 unspecified atom stereocenters. The molecule has 1 aromatic rings. The van der Waals surface area contributed by atoms with Crippen LogP contribution in [-0.4, -0.2) is 12.5 Å². The average Bonchev–Trinajstić information content (AvgIpc) is 2.27. The maximum Gasteiger partial charge on any atom is 0.152 e. The quantitative estimate of drug-likeness (QED) is 0.487. The molecular weight excluding hydrogens is 230 g/mol. The van der Waals surface area contributed by atoms with Gasteiger partial charge in [0.15, 0.2) is 5.75 Å². The monoisotopic (exact) mass is 247 g/mol. The second-order valence-corrected chi connectivity index (χ2v) is 6.44. The molecule has 0 bridgehead atoms. The smallest absolute Gasteiger partial charge is 0.152 e. The lowest BCUT2D eigenvalue weighted by Crippen LogP contribution is -2.06. The summed E-state index contributed by atoms with van der Waals surface area (Å²) in [5.41, 5.74) is 0.974. The third-order valence-electron chi connectivity index (χ3n) is 2.34. The highest BCUT2D eigenvalue weighted by Crippen LogP contribution is 2.37. The van der Waals surface area contributed by atoms with E-state index >= 15 is 0 Å². The summed E-state index contributed by atoms with van der Waals surface area (Å²) in [6, 6.07) is 6.11. The van der Waals surface area contributed by atoms with Gasteiger partial charge in [0.25, 0.3) is 0 Å². The molecule has 1 atom stereocenters. The Labute approximate surface area is 99.1 Å². The van der Waals surface area contributed by atoms with E-state index in [1.54, 1.807) is 0 Å². The molecule has 0 aliphatic heterocycles. The van der Waals surface area contributed by atoms with Gasteiger partial charge in [-0.15, -0.1) is 11.6 Å². The van der Waals surface area contributed by atoms with Crippen LogP contribution in [0.15, 0.2) is 23.1 Å². The van der Waals surface area contributed by atoms with Crippen LogP contribution in [0.2, 0.25) is 0 Å². The van der Waals surface area contributed by atoms with Crippen LogP contribution in [0.25, 0.3) is 0 Å². The minimum Gasteiger partial charge on any atom is -0.411 e. The molecule has 1 aromatic carbocycles. The molecule has 86 valence electrons. The third kappa shape index (κ3) is 3.03. The molecule has 0 radical (unpaired) electrons. The molecule has 0 aromatic heterocycles. The fourth-order valence-corrected chi connectivity index (χ4v) is 2.31. The lowest BCUT2D eigenvalue weighted by atomic mass is 10.1. The van der Waals surface area contributed by atoms with Gasteiger partial charge in [-0.3, -0.25) is 0 Å². The Hall–Kier alpha value is -0.380. The van der Waals surface area contributed by atoms with Gasteiger partial charge in [0, 0.05) is 5.56 Å². The Balaban J connectivity index is 3.09. The first-order valence-corrected chi connectivity index (χ1v) is 7.59. The van der Waals surface area contributed by atoms with E-state index in [-0.39, 0.29) is 16.3 Å². The molecule has 2 N–H and O–H groups in total. The molecule has 0 aliphatic carbocycles. The number of alkyl halides is 1. The summed E-state index contributed by atoms with van der Waals surface area (Å²) in [6.07, 6.45) is 5.26. The SMILES string of the molecule is CCC(Cl)c1ccc([SH](C)C)cc1ON. The van der Waals surface area contributed by atoms with Gasteiger partial charge in [-0.05, 0) is 36.0 Å². The molecule has 0 saturated heterocycles. The number of benzene rings is 1. The number of nitrogens with two attached hydrogens (primary N) is 1.